The van der Waals surface area contributed by atoms with E-state index in [1.54, 1.807) is 7.11 Å². The molecule has 1 rings (SSSR count). The van der Waals surface area contributed by atoms with Crippen molar-refractivity contribution in [2.75, 3.05) is 32.1 Å². The zero-order valence-corrected chi connectivity index (χ0v) is 12.4. The first-order valence-electron chi connectivity index (χ1n) is 5.74. The molecule has 0 fully saturated rings. The molecule has 0 aromatic carbocycles. The number of ether oxygens (including phenoxy) is 1. The van der Waals surface area contributed by atoms with Crippen molar-refractivity contribution < 1.29 is 29.3 Å². The number of aliphatic carboxylic acids is 2. The molecule has 0 bridgehead atoms. The number of aromatic nitrogens is 1. The maximum Gasteiger partial charge on any atom is 0.414 e. The lowest BCUT2D eigenvalue weighted by Crippen LogP contribution is -2.30. The minimum Gasteiger partial charge on any atom is -0.473 e. The van der Waals surface area contributed by atoms with Gasteiger partial charge in [-0.05, 0) is 6.92 Å². The fourth-order valence-electron chi connectivity index (χ4n) is 0.951. The van der Waals surface area contributed by atoms with E-state index in [0.29, 0.717) is 18.3 Å². The van der Waals surface area contributed by atoms with Crippen molar-refractivity contribution in [2.45, 2.75) is 6.92 Å². The highest BCUT2D eigenvalue weighted by Crippen LogP contribution is 2.13. The third-order valence-electron chi connectivity index (χ3n) is 1.82. The van der Waals surface area contributed by atoms with Gasteiger partial charge in [-0.15, -0.1) is 11.3 Å². The summed E-state index contributed by atoms with van der Waals surface area (Å²) in [5, 5.41) is 23.0. The molecule has 0 unspecified atom stereocenters. The number of amides is 1. The van der Waals surface area contributed by atoms with Crippen LogP contribution < -0.4 is 10.6 Å². The molecule has 0 atom stereocenters. The van der Waals surface area contributed by atoms with Crippen LogP contribution in [-0.2, 0) is 19.1 Å². The molecule has 4 N–H and O–H groups in total. The van der Waals surface area contributed by atoms with Crippen LogP contribution in [0.4, 0.5) is 5.13 Å². The summed E-state index contributed by atoms with van der Waals surface area (Å²) in [6, 6.07) is 0. The maximum absolute atomic E-state index is 11.3. The Morgan fingerprint density at radius 1 is 1.33 bits per heavy atom. The minimum atomic E-state index is -1.82. The molecule has 0 saturated carbocycles. The van der Waals surface area contributed by atoms with Gasteiger partial charge >= 0.3 is 11.9 Å². The fraction of sp³-hybridized carbons (Fsp3) is 0.455. The van der Waals surface area contributed by atoms with Crippen molar-refractivity contribution in [2.24, 2.45) is 0 Å². The number of hydrogen-bond acceptors (Lipinski definition) is 7. The van der Waals surface area contributed by atoms with Crippen LogP contribution in [0.25, 0.3) is 0 Å². The van der Waals surface area contributed by atoms with Gasteiger partial charge in [0.15, 0.2) is 5.13 Å². The number of methoxy groups -OCH3 is 1. The molecular weight excluding hydrogens is 302 g/mol. The Kier molecular flexibility index (Phi) is 9.67. The van der Waals surface area contributed by atoms with E-state index in [1.165, 1.54) is 11.3 Å². The zero-order chi connectivity index (χ0) is 16.3. The number of hydrogen-bond donors (Lipinski definition) is 4. The van der Waals surface area contributed by atoms with Crippen LogP contribution in [0.2, 0.25) is 0 Å². The Morgan fingerprint density at radius 3 is 2.38 bits per heavy atom. The molecule has 21 heavy (non-hydrogen) atoms. The standard InChI is InChI=1S/C9H15N3O2S.C2H2O4/c1-7-6-15-9(11-7)12-8(13)5-10-3-4-14-2;3-1(4)2(5)6/h6,10H,3-5H2,1-2H3,(H,11,12,13);(H,3,4)(H,5,6). The lowest BCUT2D eigenvalue weighted by molar-refractivity contribution is -0.159. The van der Waals surface area contributed by atoms with Gasteiger partial charge in [-0.3, -0.25) is 4.79 Å². The summed E-state index contributed by atoms with van der Waals surface area (Å²) in [6.45, 7) is 3.44. The molecule has 1 aromatic rings. The van der Waals surface area contributed by atoms with Crippen LogP contribution in [0.3, 0.4) is 0 Å². The van der Waals surface area contributed by atoms with Gasteiger partial charge in [-0.2, -0.15) is 0 Å². The predicted molar refractivity (Wildman–Crippen MR) is 75.5 cm³/mol. The molecule has 9 nitrogen and oxygen atoms in total. The summed E-state index contributed by atoms with van der Waals surface area (Å²) in [6.07, 6.45) is 0. The number of thiazole rings is 1. The highest BCUT2D eigenvalue weighted by Gasteiger charge is 2.04. The normalized spacial score (nSPS) is 9.43. The fourth-order valence-corrected chi connectivity index (χ4v) is 1.66. The molecule has 118 valence electrons. The first kappa shape index (κ1) is 19.0. The maximum atomic E-state index is 11.3. The van der Waals surface area contributed by atoms with E-state index in [0.717, 1.165) is 5.69 Å². The van der Waals surface area contributed by atoms with E-state index in [2.05, 4.69) is 15.6 Å². The van der Waals surface area contributed by atoms with Crippen LogP contribution in [0.15, 0.2) is 5.38 Å². The summed E-state index contributed by atoms with van der Waals surface area (Å²) in [5.74, 6) is -3.73. The van der Waals surface area contributed by atoms with Gasteiger partial charge in [0.25, 0.3) is 0 Å². The monoisotopic (exact) mass is 319 g/mol. The van der Waals surface area contributed by atoms with Crippen LogP contribution in [0, 0.1) is 6.92 Å². The second-order valence-electron chi connectivity index (χ2n) is 3.62. The van der Waals surface area contributed by atoms with E-state index >= 15 is 0 Å². The van der Waals surface area contributed by atoms with Crippen molar-refractivity contribution in [3.05, 3.63) is 11.1 Å². The highest BCUT2D eigenvalue weighted by atomic mass is 32.1. The molecule has 0 saturated heterocycles. The van der Waals surface area contributed by atoms with Gasteiger partial charge in [0.05, 0.1) is 18.8 Å². The average molecular weight is 319 g/mol. The van der Waals surface area contributed by atoms with Crippen molar-refractivity contribution in [3.63, 3.8) is 0 Å². The second kappa shape index (κ2) is 10.7. The van der Waals surface area contributed by atoms with Gasteiger partial charge in [0, 0.05) is 19.0 Å². The molecule has 0 aliphatic carbocycles. The first-order chi connectivity index (χ1) is 9.86. The van der Waals surface area contributed by atoms with Crippen molar-refractivity contribution in [1.29, 1.82) is 0 Å². The summed E-state index contributed by atoms with van der Waals surface area (Å²) in [5.41, 5.74) is 0.919. The van der Waals surface area contributed by atoms with Crippen LogP contribution in [0.5, 0.6) is 0 Å². The number of carbonyl (C=O) groups is 3. The van der Waals surface area contributed by atoms with E-state index in [9.17, 15) is 4.79 Å². The smallest absolute Gasteiger partial charge is 0.414 e. The van der Waals surface area contributed by atoms with E-state index in [-0.39, 0.29) is 12.5 Å². The molecular formula is C11H17N3O6S. The number of carboxylic acid groups (broad SMARTS) is 2. The van der Waals surface area contributed by atoms with Gasteiger partial charge in [-0.1, -0.05) is 0 Å². The van der Waals surface area contributed by atoms with E-state index in [1.807, 2.05) is 12.3 Å². The average Bonchev–Trinajstić information content (AvgIpc) is 2.80. The van der Waals surface area contributed by atoms with Crippen molar-refractivity contribution >= 4 is 34.3 Å². The van der Waals surface area contributed by atoms with Crippen LogP contribution in [0.1, 0.15) is 5.69 Å². The lowest BCUT2D eigenvalue weighted by Gasteiger charge is -2.03. The number of nitrogens with zero attached hydrogens (tertiary/aromatic N) is 1. The van der Waals surface area contributed by atoms with Gasteiger partial charge in [0.1, 0.15) is 0 Å². The van der Waals surface area contributed by atoms with Crippen molar-refractivity contribution in [3.8, 4) is 0 Å². The molecule has 0 aliphatic rings. The van der Waals surface area contributed by atoms with Gasteiger partial charge < -0.3 is 25.6 Å². The third kappa shape index (κ3) is 10.4. The van der Waals surface area contributed by atoms with E-state index in [4.69, 9.17) is 24.5 Å². The summed E-state index contributed by atoms with van der Waals surface area (Å²) < 4.78 is 4.84. The van der Waals surface area contributed by atoms with Gasteiger partial charge in [0.2, 0.25) is 5.91 Å². The number of nitrogens with one attached hydrogen (secondary N) is 2. The molecule has 1 heterocycles. The predicted octanol–water partition coefficient (Wildman–Crippen LogP) is -0.218. The number of carboxylic acids is 2. The number of anilines is 1. The van der Waals surface area contributed by atoms with Crippen molar-refractivity contribution in [1.82, 2.24) is 10.3 Å². The summed E-state index contributed by atoms with van der Waals surface area (Å²) in [4.78, 5) is 33.7. The third-order valence-corrected chi connectivity index (χ3v) is 2.69. The number of rotatable bonds is 6. The number of carbonyl (C=O) groups excluding carboxylic acids is 1. The Labute approximate surface area is 125 Å². The SMILES string of the molecule is COCCNCC(=O)Nc1nc(C)cs1.O=C(O)C(=O)O. The van der Waals surface area contributed by atoms with Gasteiger partial charge in [-0.25, -0.2) is 14.6 Å². The molecule has 10 heteroatoms. The number of aryl methyl sites for hydroxylation is 1. The largest absolute Gasteiger partial charge is 0.473 e. The Morgan fingerprint density at radius 2 is 1.95 bits per heavy atom. The Hall–Kier alpha value is -2.04. The van der Waals surface area contributed by atoms with Crippen LogP contribution in [-0.4, -0.2) is 59.8 Å². The van der Waals surface area contributed by atoms with Crippen LogP contribution >= 0.6 is 11.3 Å². The van der Waals surface area contributed by atoms with E-state index < -0.39 is 11.9 Å². The molecule has 0 spiro atoms. The summed E-state index contributed by atoms with van der Waals surface area (Å²) >= 11 is 1.43. The zero-order valence-electron chi connectivity index (χ0n) is 11.6. The minimum absolute atomic E-state index is 0.0829. The molecule has 0 aliphatic heterocycles. The second-order valence-corrected chi connectivity index (χ2v) is 4.48. The molecule has 1 amide bonds. The quantitative estimate of drug-likeness (QED) is 0.417. The summed E-state index contributed by atoms with van der Waals surface area (Å²) in [7, 11) is 1.63. The topological polar surface area (TPSA) is 138 Å². The molecule has 0 radical (unpaired) electrons. The Balaban J connectivity index is 0.000000567. The Bertz CT molecular complexity index is 464. The molecule has 1 aromatic heterocycles. The highest BCUT2D eigenvalue weighted by molar-refractivity contribution is 7.13. The first-order valence-corrected chi connectivity index (χ1v) is 6.62. The lowest BCUT2D eigenvalue weighted by atomic mass is 10.5.